The van der Waals surface area contributed by atoms with Crippen LogP contribution in [0.4, 0.5) is 0 Å². The highest BCUT2D eigenvalue weighted by Crippen LogP contribution is 2.37. The number of hydrazone groups is 1. The van der Waals surface area contributed by atoms with Crippen molar-refractivity contribution in [1.29, 1.82) is 0 Å². The molecule has 0 aliphatic carbocycles. The molecule has 5 nitrogen and oxygen atoms in total. The van der Waals surface area contributed by atoms with Crippen LogP contribution in [0.25, 0.3) is 0 Å². The predicted molar refractivity (Wildman–Crippen MR) is 107 cm³/mol. The number of hydrogen-bond acceptors (Lipinski definition) is 4. The highest BCUT2D eigenvalue weighted by molar-refractivity contribution is 7.12. The summed E-state index contributed by atoms with van der Waals surface area (Å²) in [5.41, 5.74) is 1.69. The number of likely N-dealkylation sites (tertiary alicyclic amines) is 1. The third-order valence-electron chi connectivity index (χ3n) is 5.65. The number of benzene rings is 1. The van der Waals surface area contributed by atoms with Crippen molar-refractivity contribution in [3.05, 3.63) is 52.2 Å². The van der Waals surface area contributed by atoms with Crippen molar-refractivity contribution < 1.29 is 14.8 Å². The summed E-state index contributed by atoms with van der Waals surface area (Å²) in [6, 6.07) is 11.1. The maximum Gasteiger partial charge on any atom is 0.298 e. The van der Waals surface area contributed by atoms with Gasteiger partial charge in [0.25, 0.3) is 5.91 Å². The molecule has 2 aromatic rings. The number of phenolic OH excluding ortho intramolecular Hbond substituents is 1. The first-order chi connectivity index (χ1) is 13.1. The fraction of sp³-hybridized carbons (Fsp3) is 0.429. The Balaban J connectivity index is 1.57. The molecule has 0 bridgehead atoms. The van der Waals surface area contributed by atoms with Crippen molar-refractivity contribution in [3.63, 3.8) is 0 Å². The topological polar surface area (TPSA) is 57.3 Å². The van der Waals surface area contributed by atoms with Gasteiger partial charge in [0.05, 0.1) is 29.7 Å². The molecule has 4 rings (SSSR count). The van der Waals surface area contributed by atoms with Crippen molar-refractivity contribution in [2.75, 3.05) is 19.6 Å². The van der Waals surface area contributed by atoms with E-state index in [1.807, 2.05) is 29.6 Å². The largest absolute Gasteiger partial charge is 0.508 e. The number of piperidine rings is 1. The van der Waals surface area contributed by atoms with Gasteiger partial charge in [-0.25, -0.2) is 5.01 Å². The number of rotatable bonds is 4. The van der Waals surface area contributed by atoms with E-state index in [4.69, 9.17) is 5.10 Å². The van der Waals surface area contributed by atoms with Gasteiger partial charge in [0, 0.05) is 12.0 Å². The average Bonchev–Trinajstić information content (AvgIpc) is 3.33. The van der Waals surface area contributed by atoms with Gasteiger partial charge < -0.3 is 10.0 Å². The lowest BCUT2D eigenvalue weighted by Gasteiger charge is -2.29. The number of carbonyl (C=O) groups excluding carboxylic acids is 1. The summed E-state index contributed by atoms with van der Waals surface area (Å²) in [6.45, 7) is 4.84. The molecule has 1 aromatic carbocycles. The van der Waals surface area contributed by atoms with E-state index in [0.29, 0.717) is 13.0 Å². The van der Waals surface area contributed by atoms with E-state index >= 15 is 0 Å². The van der Waals surface area contributed by atoms with Gasteiger partial charge in [0.15, 0.2) is 6.54 Å². The third kappa shape index (κ3) is 3.92. The molecule has 2 aliphatic rings. The van der Waals surface area contributed by atoms with Crippen LogP contribution in [-0.2, 0) is 4.79 Å². The summed E-state index contributed by atoms with van der Waals surface area (Å²) in [6.07, 6.45) is 2.99. The lowest BCUT2D eigenvalue weighted by Crippen LogP contribution is -3.14. The van der Waals surface area contributed by atoms with E-state index in [1.165, 1.54) is 17.7 Å². The van der Waals surface area contributed by atoms with Gasteiger partial charge in [-0.15, -0.1) is 11.3 Å². The summed E-state index contributed by atoms with van der Waals surface area (Å²) in [7, 11) is 0. The van der Waals surface area contributed by atoms with Crippen LogP contribution in [0.1, 0.15) is 42.7 Å². The number of thiophene rings is 1. The molecular weight excluding hydrogens is 358 g/mol. The lowest BCUT2D eigenvalue weighted by atomic mass is 9.99. The van der Waals surface area contributed by atoms with Crippen LogP contribution in [0.5, 0.6) is 5.75 Å². The van der Waals surface area contributed by atoms with Gasteiger partial charge in [-0.1, -0.05) is 31.2 Å². The Morgan fingerprint density at radius 3 is 2.74 bits per heavy atom. The summed E-state index contributed by atoms with van der Waals surface area (Å²) in [4.78, 5) is 15.6. The fourth-order valence-corrected chi connectivity index (χ4v) is 4.71. The van der Waals surface area contributed by atoms with E-state index in [1.54, 1.807) is 28.5 Å². The maximum absolute atomic E-state index is 13.1. The molecule has 6 heteroatoms. The van der Waals surface area contributed by atoms with Gasteiger partial charge in [-0.2, -0.15) is 5.10 Å². The summed E-state index contributed by atoms with van der Waals surface area (Å²) in [5, 5.41) is 18.7. The molecule has 27 heavy (non-hydrogen) atoms. The maximum atomic E-state index is 13.1. The van der Waals surface area contributed by atoms with Gasteiger partial charge in [-0.3, -0.25) is 4.79 Å². The quantitative estimate of drug-likeness (QED) is 0.851. The number of nitrogens with one attached hydrogen (secondary N) is 1. The minimum Gasteiger partial charge on any atom is -0.508 e. The molecule has 0 saturated carbocycles. The first kappa shape index (κ1) is 18.2. The third-order valence-corrected chi connectivity index (χ3v) is 6.57. The summed E-state index contributed by atoms with van der Waals surface area (Å²) >= 11 is 1.63. The smallest absolute Gasteiger partial charge is 0.298 e. The molecule has 2 N–H and O–H groups in total. The molecule has 0 radical (unpaired) electrons. The molecule has 0 unspecified atom stereocenters. The Morgan fingerprint density at radius 2 is 2.04 bits per heavy atom. The normalized spacial score (nSPS) is 25.4. The molecule has 3 heterocycles. The van der Waals surface area contributed by atoms with Crippen LogP contribution < -0.4 is 4.90 Å². The van der Waals surface area contributed by atoms with Gasteiger partial charge in [0.2, 0.25) is 0 Å². The van der Waals surface area contributed by atoms with Crippen molar-refractivity contribution in [3.8, 4) is 5.75 Å². The predicted octanol–water partition coefficient (Wildman–Crippen LogP) is 2.45. The van der Waals surface area contributed by atoms with Crippen LogP contribution in [0.15, 0.2) is 46.9 Å². The lowest BCUT2D eigenvalue weighted by molar-refractivity contribution is -0.898. The van der Waals surface area contributed by atoms with Crippen molar-refractivity contribution in [2.45, 2.75) is 32.2 Å². The Bertz CT molecular complexity index is 826. The number of phenols is 1. The molecule has 1 atom stereocenters. The monoisotopic (exact) mass is 384 g/mol. The average molecular weight is 385 g/mol. The number of amides is 1. The Labute approximate surface area is 163 Å². The van der Waals surface area contributed by atoms with Crippen molar-refractivity contribution in [2.24, 2.45) is 11.0 Å². The van der Waals surface area contributed by atoms with Gasteiger partial charge >= 0.3 is 0 Å². The molecule has 0 spiro atoms. The molecule has 1 saturated heterocycles. The molecule has 2 aliphatic heterocycles. The zero-order valence-electron chi connectivity index (χ0n) is 15.6. The highest BCUT2D eigenvalue weighted by atomic mass is 32.1. The molecular formula is C21H26N3O2S+. The number of hydrogen-bond donors (Lipinski definition) is 2. The minimum atomic E-state index is -0.237. The number of quaternary nitrogens is 1. The number of carbonyl (C=O) groups is 1. The van der Waals surface area contributed by atoms with Crippen LogP contribution in [0, 0.1) is 5.92 Å². The van der Waals surface area contributed by atoms with Crippen molar-refractivity contribution >= 4 is 23.0 Å². The second-order valence-electron chi connectivity index (χ2n) is 7.65. The second-order valence-corrected chi connectivity index (χ2v) is 8.60. The van der Waals surface area contributed by atoms with Crippen molar-refractivity contribution in [1.82, 2.24) is 5.01 Å². The molecule has 1 fully saturated rings. The van der Waals surface area contributed by atoms with E-state index in [0.717, 1.165) is 35.2 Å². The van der Waals surface area contributed by atoms with Crippen LogP contribution >= 0.6 is 11.3 Å². The highest BCUT2D eigenvalue weighted by Gasteiger charge is 2.36. The molecule has 1 amide bonds. The SMILES string of the molecule is CC1CC[NH+](CC(=O)N2N=C(c3cccs3)C[C@H]2c2ccccc2O)CC1. The zero-order chi connectivity index (χ0) is 18.8. The van der Waals surface area contributed by atoms with Crippen LogP contribution in [-0.4, -0.2) is 41.4 Å². The first-order valence-electron chi connectivity index (χ1n) is 9.66. The van der Waals surface area contributed by atoms with Gasteiger partial charge in [0.1, 0.15) is 5.75 Å². The summed E-state index contributed by atoms with van der Waals surface area (Å²) < 4.78 is 0. The van der Waals surface area contributed by atoms with E-state index in [9.17, 15) is 9.90 Å². The first-order valence-corrected chi connectivity index (χ1v) is 10.5. The van der Waals surface area contributed by atoms with E-state index in [2.05, 4.69) is 6.92 Å². The minimum absolute atomic E-state index is 0.0411. The number of aromatic hydroxyl groups is 1. The Morgan fingerprint density at radius 1 is 1.26 bits per heavy atom. The Hall–Kier alpha value is -2.18. The standard InChI is InChI=1S/C21H25N3O2S/c1-15-8-10-23(11-9-15)14-21(26)24-18(16-5-2-3-6-19(16)25)13-17(22-24)20-7-4-12-27-20/h2-7,12,15,18,25H,8-11,13-14H2,1H3/p+1/t18-/m0/s1. The number of nitrogens with zero attached hydrogens (tertiary/aromatic N) is 2. The second kappa shape index (κ2) is 7.82. The summed E-state index contributed by atoms with van der Waals surface area (Å²) in [5.74, 6) is 1.02. The van der Waals surface area contributed by atoms with E-state index < -0.39 is 0 Å². The number of para-hydroxylation sites is 1. The fourth-order valence-electron chi connectivity index (χ4n) is 3.99. The van der Waals surface area contributed by atoms with Gasteiger partial charge in [-0.05, 0) is 36.3 Å². The zero-order valence-corrected chi connectivity index (χ0v) is 16.4. The van der Waals surface area contributed by atoms with Crippen LogP contribution in [0.2, 0.25) is 0 Å². The van der Waals surface area contributed by atoms with Crippen LogP contribution in [0.3, 0.4) is 0 Å². The molecule has 1 aromatic heterocycles. The van der Waals surface area contributed by atoms with E-state index in [-0.39, 0.29) is 17.7 Å². The Kier molecular flexibility index (Phi) is 5.27. The molecule has 142 valence electrons.